The number of hydrogen-bond donors (Lipinski definition) is 5. The predicted molar refractivity (Wildman–Crippen MR) is 134 cm³/mol. The normalized spacial score (nSPS) is 17.6. The summed E-state index contributed by atoms with van der Waals surface area (Å²) in [5.74, 6) is -7.72. The molecule has 1 saturated heterocycles. The van der Waals surface area contributed by atoms with E-state index in [1.165, 1.54) is 17.0 Å². The van der Waals surface area contributed by atoms with Gasteiger partial charge in [0.1, 0.15) is 22.8 Å². The standard InChI is InChI=1S/C23H22BClFN5O9/c1-2-30-5-6-31(21(35)20(30)34)23(38)29-17(16-13(26)8-11(32)9-27-16)19(33)28-14-7-10-3-4-12(25)15(22(36)37)18(10)40-24(14)39/h3-4,8-9,14,17,32,39H,2,5-7H2,1H3,(H,28,33)(H,29,38)(H,36,37)/t14-,17?/m0/s1. The highest BCUT2D eigenvalue weighted by atomic mass is 35.5. The van der Waals surface area contributed by atoms with Crippen LogP contribution in [0.2, 0.25) is 5.02 Å². The lowest BCUT2D eigenvalue weighted by Crippen LogP contribution is -2.60. The number of aromatic hydroxyl groups is 1. The summed E-state index contributed by atoms with van der Waals surface area (Å²) in [6.45, 7) is 1.75. The maximum absolute atomic E-state index is 14.8. The summed E-state index contributed by atoms with van der Waals surface area (Å²) in [7, 11) is -1.77. The molecule has 5 N–H and O–H groups in total. The van der Waals surface area contributed by atoms with Gasteiger partial charge < -0.3 is 35.4 Å². The minimum atomic E-state index is -1.89. The van der Waals surface area contributed by atoms with Gasteiger partial charge in [0.05, 0.1) is 17.2 Å². The van der Waals surface area contributed by atoms with Crippen LogP contribution >= 0.6 is 11.6 Å². The first-order chi connectivity index (χ1) is 18.9. The van der Waals surface area contributed by atoms with Crippen molar-refractivity contribution >= 4 is 48.4 Å². The number of carboxylic acid groups (broad SMARTS) is 1. The van der Waals surface area contributed by atoms with Crippen molar-refractivity contribution in [3.05, 3.63) is 52.1 Å². The molecular weight excluding hydrogens is 556 g/mol. The number of hydrogen-bond acceptors (Lipinski definition) is 9. The van der Waals surface area contributed by atoms with Crippen LogP contribution in [-0.2, 0) is 20.8 Å². The Hall–Kier alpha value is -4.44. The van der Waals surface area contributed by atoms with E-state index < -0.39 is 66.1 Å². The number of nitrogens with one attached hydrogen (secondary N) is 2. The predicted octanol–water partition coefficient (Wildman–Crippen LogP) is -0.141. The molecule has 2 aromatic rings. The van der Waals surface area contributed by atoms with E-state index >= 15 is 0 Å². The number of urea groups is 1. The first-order valence-electron chi connectivity index (χ1n) is 11.9. The van der Waals surface area contributed by atoms with E-state index in [9.17, 15) is 43.6 Å². The number of fused-ring (bicyclic) bond motifs is 1. The van der Waals surface area contributed by atoms with E-state index in [0.29, 0.717) is 11.0 Å². The lowest BCUT2D eigenvalue weighted by Gasteiger charge is -2.33. The fourth-order valence-electron chi connectivity index (χ4n) is 4.31. The van der Waals surface area contributed by atoms with Crippen molar-refractivity contribution in [1.29, 1.82) is 0 Å². The summed E-state index contributed by atoms with van der Waals surface area (Å²) >= 11 is 5.94. The molecule has 0 saturated carbocycles. The fraction of sp³-hybridized carbons (Fsp3) is 0.304. The third-order valence-electron chi connectivity index (χ3n) is 6.35. The molecule has 17 heteroatoms. The van der Waals surface area contributed by atoms with Crippen LogP contribution in [0.25, 0.3) is 0 Å². The van der Waals surface area contributed by atoms with E-state index in [2.05, 4.69) is 15.6 Å². The summed E-state index contributed by atoms with van der Waals surface area (Å²) in [5, 5.41) is 34.0. The molecule has 0 bridgehead atoms. The molecule has 1 aromatic carbocycles. The third kappa shape index (κ3) is 5.48. The Morgan fingerprint density at radius 3 is 2.65 bits per heavy atom. The molecule has 1 aromatic heterocycles. The molecule has 0 spiro atoms. The second-order valence-electron chi connectivity index (χ2n) is 8.83. The first kappa shape index (κ1) is 28.6. The van der Waals surface area contributed by atoms with E-state index in [1.54, 1.807) is 6.92 Å². The van der Waals surface area contributed by atoms with Crippen molar-refractivity contribution in [2.45, 2.75) is 25.3 Å². The van der Waals surface area contributed by atoms with Crippen LogP contribution in [0, 0.1) is 5.82 Å². The number of benzene rings is 1. The minimum absolute atomic E-state index is 0.0462. The number of nitrogens with zero attached hydrogens (tertiary/aromatic N) is 3. The number of piperazine rings is 1. The zero-order valence-corrected chi connectivity index (χ0v) is 21.5. The second kappa shape index (κ2) is 11.4. The van der Waals surface area contributed by atoms with Gasteiger partial charge >= 0.3 is 30.9 Å². The van der Waals surface area contributed by atoms with Crippen molar-refractivity contribution in [2.75, 3.05) is 19.6 Å². The van der Waals surface area contributed by atoms with Crippen molar-refractivity contribution in [1.82, 2.24) is 25.4 Å². The Morgan fingerprint density at radius 2 is 2.00 bits per heavy atom. The maximum atomic E-state index is 14.8. The lowest BCUT2D eigenvalue weighted by atomic mass is 9.72. The van der Waals surface area contributed by atoms with E-state index in [4.69, 9.17) is 16.3 Å². The smallest absolute Gasteiger partial charge is 0.534 e. The quantitative estimate of drug-likeness (QED) is 0.227. The number of aromatic nitrogens is 1. The largest absolute Gasteiger partial charge is 0.547 e. The molecule has 0 aliphatic carbocycles. The van der Waals surface area contributed by atoms with Crippen LogP contribution in [0.3, 0.4) is 0 Å². The summed E-state index contributed by atoms with van der Waals surface area (Å²) in [6, 6.07) is 0.312. The number of carboxylic acids is 1. The summed E-state index contributed by atoms with van der Waals surface area (Å²) in [5.41, 5.74) is -0.739. The Labute approximate surface area is 230 Å². The molecule has 40 heavy (non-hydrogen) atoms. The molecule has 5 amide bonds. The number of imide groups is 1. The average molecular weight is 578 g/mol. The van der Waals surface area contributed by atoms with E-state index in [1.807, 2.05) is 0 Å². The van der Waals surface area contributed by atoms with Gasteiger partial charge in [0, 0.05) is 25.7 Å². The topological polar surface area (TPSA) is 199 Å². The summed E-state index contributed by atoms with van der Waals surface area (Å²) in [6.07, 6.45) is 0.684. The van der Waals surface area contributed by atoms with Gasteiger partial charge in [0.2, 0.25) is 5.91 Å². The van der Waals surface area contributed by atoms with Crippen molar-refractivity contribution in [2.24, 2.45) is 0 Å². The highest BCUT2D eigenvalue weighted by Gasteiger charge is 2.42. The van der Waals surface area contributed by atoms with Gasteiger partial charge in [-0.25, -0.2) is 14.0 Å². The number of rotatable bonds is 6. The molecule has 210 valence electrons. The molecule has 3 heterocycles. The number of halogens is 2. The van der Waals surface area contributed by atoms with Crippen molar-refractivity contribution in [3.63, 3.8) is 0 Å². The van der Waals surface area contributed by atoms with Gasteiger partial charge in [-0.05, 0) is 25.0 Å². The van der Waals surface area contributed by atoms with Crippen LogP contribution in [0.5, 0.6) is 11.5 Å². The van der Waals surface area contributed by atoms with E-state index in [0.717, 1.165) is 6.20 Å². The molecule has 2 aliphatic heterocycles. The van der Waals surface area contributed by atoms with Crippen LogP contribution < -0.4 is 15.3 Å². The van der Waals surface area contributed by atoms with Gasteiger partial charge in [-0.1, -0.05) is 17.7 Å². The van der Waals surface area contributed by atoms with Gasteiger partial charge in [0.15, 0.2) is 11.9 Å². The van der Waals surface area contributed by atoms with Crippen molar-refractivity contribution in [3.8, 4) is 11.5 Å². The Kier molecular flexibility index (Phi) is 8.11. The molecular formula is C23H22BClFN5O9. The second-order valence-corrected chi connectivity index (χ2v) is 9.24. The van der Waals surface area contributed by atoms with Gasteiger partial charge in [-0.15, -0.1) is 0 Å². The first-order valence-corrected chi connectivity index (χ1v) is 12.3. The highest BCUT2D eigenvalue weighted by Crippen LogP contribution is 2.35. The molecule has 1 fully saturated rings. The van der Waals surface area contributed by atoms with Crippen molar-refractivity contribution < 1.29 is 48.3 Å². The number of carbonyl (C=O) groups is 5. The van der Waals surface area contributed by atoms with Crippen LogP contribution in [0.4, 0.5) is 9.18 Å². The number of pyridine rings is 1. The average Bonchev–Trinajstić information content (AvgIpc) is 2.89. The Morgan fingerprint density at radius 1 is 1.27 bits per heavy atom. The number of likely N-dealkylation sites (N-methyl/N-ethyl adjacent to an activating group) is 1. The fourth-order valence-corrected chi connectivity index (χ4v) is 4.54. The minimum Gasteiger partial charge on any atom is -0.534 e. The maximum Gasteiger partial charge on any atom is 0.547 e. The van der Waals surface area contributed by atoms with Gasteiger partial charge in [-0.2, -0.15) is 0 Å². The highest BCUT2D eigenvalue weighted by molar-refractivity contribution is 6.47. The molecule has 4 rings (SSSR count). The van der Waals surface area contributed by atoms with Crippen LogP contribution in [0.15, 0.2) is 24.4 Å². The SMILES string of the molecule is CCN1CCN(C(=O)NC(C(=O)N[C@H]2Cc3ccc(Cl)c(C(=O)O)c3OB2O)c2ncc(O)cc2F)C(=O)C1=O. The third-order valence-corrected chi connectivity index (χ3v) is 6.66. The van der Waals surface area contributed by atoms with Crippen LogP contribution in [-0.4, -0.2) is 92.4 Å². The lowest BCUT2D eigenvalue weighted by molar-refractivity contribution is -0.153. The van der Waals surface area contributed by atoms with Crippen LogP contribution in [0.1, 0.15) is 34.6 Å². The molecule has 2 aliphatic rings. The Balaban J connectivity index is 1.59. The van der Waals surface area contributed by atoms with E-state index in [-0.39, 0.29) is 48.0 Å². The van der Waals surface area contributed by atoms with Gasteiger partial charge in [0.25, 0.3) is 0 Å². The monoisotopic (exact) mass is 577 g/mol. The zero-order chi connectivity index (χ0) is 29.3. The summed E-state index contributed by atoms with van der Waals surface area (Å²) < 4.78 is 20.1. The molecule has 0 radical (unpaired) electrons. The number of amides is 5. The molecule has 14 nitrogen and oxygen atoms in total. The van der Waals surface area contributed by atoms with Gasteiger partial charge in [-0.3, -0.25) is 24.3 Å². The number of carbonyl (C=O) groups excluding carboxylic acids is 4. The number of aromatic carboxylic acids is 1. The Bertz CT molecular complexity index is 1410. The molecule has 2 atom stereocenters. The molecule has 1 unspecified atom stereocenters. The zero-order valence-electron chi connectivity index (χ0n) is 20.8. The summed E-state index contributed by atoms with van der Waals surface area (Å²) in [4.78, 5) is 68.1.